The summed E-state index contributed by atoms with van der Waals surface area (Å²) in [5.74, 6) is 2.79. The van der Waals surface area contributed by atoms with E-state index in [1.54, 1.807) is 12.1 Å². The Morgan fingerprint density at radius 1 is 0.491 bits per heavy atom. The molecule has 0 atom stereocenters. The van der Waals surface area contributed by atoms with Gasteiger partial charge in [-0.05, 0) is 145 Å². The lowest BCUT2D eigenvalue weighted by atomic mass is 9.77. The third kappa shape index (κ3) is 11.1. The summed E-state index contributed by atoms with van der Waals surface area (Å²) in [5, 5.41) is 0. The molecule has 2 fully saturated rings. The van der Waals surface area contributed by atoms with Crippen LogP contribution < -0.4 is 0 Å². The first-order chi connectivity index (χ1) is 26.0. The van der Waals surface area contributed by atoms with Gasteiger partial charge in [-0.3, -0.25) is 0 Å². The summed E-state index contributed by atoms with van der Waals surface area (Å²) in [5.41, 5.74) is 8.16. The van der Waals surface area contributed by atoms with Gasteiger partial charge >= 0.3 is 0 Å². The summed E-state index contributed by atoms with van der Waals surface area (Å²) >= 11 is 0. The monoisotopic (exact) mass is 714 g/mol. The first-order valence-electron chi connectivity index (χ1n) is 20.7. The van der Waals surface area contributed by atoms with Crippen molar-refractivity contribution in [2.45, 2.75) is 116 Å². The van der Waals surface area contributed by atoms with Gasteiger partial charge in [0.15, 0.2) is 0 Å². The van der Waals surface area contributed by atoms with E-state index in [9.17, 15) is 0 Å². The molecule has 0 unspecified atom stereocenters. The molecule has 0 radical (unpaired) electrons. The molecule has 0 aromatic heterocycles. The van der Waals surface area contributed by atoms with Crippen molar-refractivity contribution < 1.29 is 13.5 Å². The first-order valence-corrected chi connectivity index (χ1v) is 20.7. The highest BCUT2D eigenvalue weighted by Crippen LogP contribution is 2.39. The van der Waals surface area contributed by atoms with Gasteiger partial charge < -0.3 is 4.74 Å². The minimum Gasteiger partial charge on any atom is -0.373 e. The van der Waals surface area contributed by atoms with Crippen LogP contribution in [0.5, 0.6) is 0 Å². The lowest BCUT2D eigenvalue weighted by Crippen LogP contribution is -2.13. The molecular weight excluding hydrogens is 655 g/mol. The van der Waals surface area contributed by atoms with Gasteiger partial charge in [-0.15, -0.1) is 0 Å². The van der Waals surface area contributed by atoms with Crippen LogP contribution in [0.15, 0.2) is 109 Å². The van der Waals surface area contributed by atoms with Crippen LogP contribution >= 0.6 is 0 Å². The van der Waals surface area contributed by atoms with E-state index in [2.05, 4.69) is 62.4 Å². The SMILES string of the molecule is CCCC1CCC(c2ccc(-c3ccc(CC=CCOCC=CCc4ccc(-c5ccc(C6CCC(CCC)CC6)cc5)cc4F)c(F)c3)cc2)CC1. The molecule has 4 aromatic carbocycles. The molecule has 2 aliphatic carbocycles. The molecule has 0 spiro atoms. The van der Waals surface area contributed by atoms with Crippen molar-refractivity contribution in [2.75, 3.05) is 13.2 Å². The van der Waals surface area contributed by atoms with E-state index in [0.29, 0.717) is 49.0 Å². The minimum atomic E-state index is -0.178. The Balaban J connectivity index is 0.887. The van der Waals surface area contributed by atoms with Gasteiger partial charge in [0, 0.05) is 0 Å². The second kappa shape index (κ2) is 20.0. The standard InChI is InChI=1S/C50H60F2O/c1-3-9-37-13-17-39(18-14-37)41-21-25-43(26-22-41)47-31-29-45(49(51)35-47)11-5-7-33-53-34-8-6-12-46-30-32-48(36-50(46)52)44-27-23-42(24-28-44)40-19-15-38(10-4-2)16-20-40/h5-8,21-32,35-40H,3-4,9-20,33-34H2,1-2H3. The van der Waals surface area contributed by atoms with Crippen LogP contribution in [0, 0.1) is 23.5 Å². The second-order valence-corrected chi connectivity index (χ2v) is 15.8. The van der Waals surface area contributed by atoms with Crippen LogP contribution in [0.25, 0.3) is 22.3 Å². The predicted octanol–water partition coefficient (Wildman–Crippen LogP) is 14.4. The van der Waals surface area contributed by atoms with E-state index in [1.165, 1.54) is 88.2 Å². The molecule has 6 rings (SSSR count). The van der Waals surface area contributed by atoms with E-state index in [1.807, 2.05) is 48.6 Å². The molecule has 0 aliphatic heterocycles. The van der Waals surface area contributed by atoms with Crippen molar-refractivity contribution in [2.24, 2.45) is 11.8 Å². The first kappa shape index (κ1) is 38.9. The van der Waals surface area contributed by atoms with Gasteiger partial charge in [0.2, 0.25) is 0 Å². The van der Waals surface area contributed by atoms with Crippen molar-refractivity contribution in [1.82, 2.24) is 0 Å². The maximum absolute atomic E-state index is 15.0. The van der Waals surface area contributed by atoms with Crippen molar-refractivity contribution in [3.63, 3.8) is 0 Å². The van der Waals surface area contributed by atoms with E-state index in [0.717, 1.165) is 34.1 Å². The molecule has 0 N–H and O–H groups in total. The largest absolute Gasteiger partial charge is 0.373 e. The smallest absolute Gasteiger partial charge is 0.127 e. The Hall–Kier alpha value is -3.82. The summed E-state index contributed by atoms with van der Waals surface area (Å²) in [7, 11) is 0. The summed E-state index contributed by atoms with van der Waals surface area (Å²) < 4.78 is 35.7. The zero-order valence-electron chi connectivity index (χ0n) is 32.2. The average Bonchev–Trinajstić information content (AvgIpc) is 3.19. The molecule has 53 heavy (non-hydrogen) atoms. The fourth-order valence-electron chi connectivity index (χ4n) is 8.83. The Morgan fingerprint density at radius 2 is 0.868 bits per heavy atom. The molecule has 0 amide bonds. The number of hydrogen-bond acceptors (Lipinski definition) is 1. The number of benzene rings is 4. The molecule has 0 heterocycles. The average molecular weight is 715 g/mol. The molecule has 4 aromatic rings. The Morgan fingerprint density at radius 3 is 1.23 bits per heavy atom. The predicted molar refractivity (Wildman–Crippen MR) is 219 cm³/mol. The van der Waals surface area contributed by atoms with Crippen molar-refractivity contribution >= 4 is 0 Å². The molecular formula is C50H60F2O. The number of halogens is 2. The topological polar surface area (TPSA) is 9.23 Å². The number of rotatable bonds is 16. The highest BCUT2D eigenvalue weighted by Gasteiger charge is 2.23. The maximum Gasteiger partial charge on any atom is 0.127 e. The van der Waals surface area contributed by atoms with Crippen LogP contribution in [0.4, 0.5) is 8.78 Å². The minimum absolute atomic E-state index is 0.178. The Bertz CT molecular complexity index is 1620. The molecule has 280 valence electrons. The van der Waals surface area contributed by atoms with Crippen LogP contribution in [0.2, 0.25) is 0 Å². The third-order valence-electron chi connectivity index (χ3n) is 12.1. The quantitative estimate of drug-likeness (QED) is 0.0829. The van der Waals surface area contributed by atoms with Gasteiger partial charge in [0.25, 0.3) is 0 Å². The maximum atomic E-state index is 15.0. The molecule has 3 heteroatoms. The molecule has 0 bridgehead atoms. The van der Waals surface area contributed by atoms with E-state index < -0.39 is 0 Å². The zero-order chi connectivity index (χ0) is 36.8. The van der Waals surface area contributed by atoms with E-state index >= 15 is 8.78 Å². The van der Waals surface area contributed by atoms with Crippen LogP contribution in [-0.2, 0) is 17.6 Å². The summed E-state index contributed by atoms with van der Waals surface area (Å²) in [6.45, 7) is 5.47. The lowest BCUT2D eigenvalue weighted by Gasteiger charge is -2.28. The lowest BCUT2D eigenvalue weighted by molar-refractivity contribution is 0.193. The normalized spacial score (nSPS) is 20.8. The highest BCUT2D eigenvalue weighted by atomic mass is 19.1. The van der Waals surface area contributed by atoms with E-state index in [-0.39, 0.29) is 11.6 Å². The molecule has 1 nitrogen and oxygen atoms in total. The van der Waals surface area contributed by atoms with Gasteiger partial charge in [-0.25, -0.2) is 8.78 Å². The molecule has 2 saturated carbocycles. The van der Waals surface area contributed by atoms with E-state index in [4.69, 9.17) is 4.74 Å². The summed E-state index contributed by atoms with van der Waals surface area (Å²) in [4.78, 5) is 0. The van der Waals surface area contributed by atoms with Crippen LogP contribution in [-0.4, -0.2) is 13.2 Å². The third-order valence-corrected chi connectivity index (χ3v) is 12.1. The number of ether oxygens (including phenoxy) is 1. The van der Waals surface area contributed by atoms with Gasteiger partial charge in [-0.1, -0.05) is 137 Å². The Labute approximate surface area is 318 Å². The summed E-state index contributed by atoms with van der Waals surface area (Å²) in [6.07, 6.45) is 24.6. The molecule has 2 aliphatic rings. The Kier molecular flexibility index (Phi) is 14.7. The summed E-state index contributed by atoms with van der Waals surface area (Å²) in [6, 6.07) is 28.7. The van der Waals surface area contributed by atoms with Gasteiger partial charge in [0.1, 0.15) is 11.6 Å². The van der Waals surface area contributed by atoms with Gasteiger partial charge in [-0.2, -0.15) is 0 Å². The van der Waals surface area contributed by atoms with Crippen LogP contribution in [0.3, 0.4) is 0 Å². The van der Waals surface area contributed by atoms with Gasteiger partial charge in [0.05, 0.1) is 13.2 Å². The fourth-order valence-corrected chi connectivity index (χ4v) is 8.83. The highest BCUT2D eigenvalue weighted by molar-refractivity contribution is 5.65. The fraction of sp³-hybridized carbons (Fsp3) is 0.440. The molecule has 0 saturated heterocycles. The van der Waals surface area contributed by atoms with Crippen molar-refractivity contribution in [1.29, 1.82) is 0 Å². The number of hydrogen-bond donors (Lipinski definition) is 0. The van der Waals surface area contributed by atoms with Crippen LogP contribution in [0.1, 0.15) is 125 Å². The second-order valence-electron chi connectivity index (χ2n) is 15.8. The van der Waals surface area contributed by atoms with Crippen molar-refractivity contribution in [3.05, 3.63) is 143 Å². The van der Waals surface area contributed by atoms with Crippen molar-refractivity contribution in [3.8, 4) is 22.3 Å². The number of allylic oxidation sites excluding steroid dienone is 2. The zero-order valence-corrected chi connectivity index (χ0v) is 32.2.